The number of nitrogens with one attached hydrogen (secondary N) is 1. The number of amides is 1. The maximum Gasteiger partial charge on any atom is 0.230 e. The Kier molecular flexibility index (Phi) is 7.17. The molecule has 2 fully saturated rings. The molecule has 0 bridgehead atoms. The Balaban J connectivity index is 1.77. The Labute approximate surface area is 175 Å². The van der Waals surface area contributed by atoms with Crippen molar-refractivity contribution in [2.45, 2.75) is 45.6 Å². The van der Waals surface area contributed by atoms with Crippen molar-refractivity contribution in [2.24, 2.45) is 10.4 Å². The SMILES string of the molecule is CCNC(=NCC1(C(=O)N(C)C)CCCC1)N1CCOC(c2ccccc2C)C1. The molecule has 1 amide bonds. The van der Waals surface area contributed by atoms with Crippen molar-refractivity contribution in [3.8, 4) is 0 Å². The van der Waals surface area contributed by atoms with Crippen LogP contribution in [0.1, 0.15) is 49.8 Å². The van der Waals surface area contributed by atoms with Gasteiger partial charge in [0.25, 0.3) is 0 Å². The molecule has 2 aliphatic rings. The number of aliphatic imine (C=N–C) groups is 1. The summed E-state index contributed by atoms with van der Waals surface area (Å²) in [5.74, 6) is 1.11. The van der Waals surface area contributed by atoms with E-state index >= 15 is 0 Å². The van der Waals surface area contributed by atoms with Gasteiger partial charge in [-0.2, -0.15) is 0 Å². The van der Waals surface area contributed by atoms with E-state index < -0.39 is 0 Å². The first kappa shape index (κ1) is 21.6. The standard InChI is InChI=1S/C23H36N4O2/c1-5-24-22(25-17-23(12-8-9-13-23)21(28)26(3)4)27-14-15-29-20(16-27)19-11-7-6-10-18(19)2/h6-7,10-11,20H,5,8-9,12-17H2,1-4H3,(H,24,25). The van der Waals surface area contributed by atoms with Gasteiger partial charge in [-0.1, -0.05) is 37.1 Å². The molecule has 160 valence electrons. The zero-order valence-corrected chi connectivity index (χ0v) is 18.4. The van der Waals surface area contributed by atoms with Crippen LogP contribution in [0.2, 0.25) is 0 Å². The van der Waals surface area contributed by atoms with Crippen molar-refractivity contribution in [3.05, 3.63) is 35.4 Å². The molecule has 1 aromatic rings. The van der Waals surface area contributed by atoms with Crippen LogP contribution in [0.15, 0.2) is 29.3 Å². The van der Waals surface area contributed by atoms with E-state index in [1.165, 1.54) is 11.1 Å². The minimum atomic E-state index is -0.341. The molecule has 0 spiro atoms. The quantitative estimate of drug-likeness (QED) is 0.610. The minimum absolute atomic E-state index is 0.0395. The van der Waals surface area contributed by atoms with E-state index in [1.807, 2.05) is 14.1 Å². The van der Waals surface area contributed by atoms with Gasteiger partial charge in [-0.25, -0.2) is 0 Å². The van der Waals surface area contributed by atoms with Crippen LogP contribution in [-0.2, 0) is 9.53 Å². The number of benzene rings is 1. The molecule has 1 aliphatic carbocycles. The molecule has 3 rings (SSSR count). The average Bonchev–Trinajstić information content (AvgIpc) is 3.21. The highest BCUT2D eigenvalue weighted by Gasteiger charge is 2.42. The lowest BCUT2D eigenvalue weighted by atomic mass is 9.85. The maximum atomic E-state index is 12.9. The average molecular weight is 401 g/mol. The van der Waals surface area contributed by atoms with E-state index in [0.29, 0.717) is 13.2 Å². The lowest BCUT2D eigenvalue weighted by molar-refractivity contribution is -0.138. The zero-order valence-electron chi connectivity index (χ0n) is 18.4. The number of aryl methyl sites for hydroxylation is 1. The number of carbonyl (C=O) groups excluding carboxylic acids is 1. The van der Waals surface area contributed by atoms with E-state index in [4.69, 9.17) is 9.73 Å². The topological polar surface area (TPSA) is 57.2 Å². The molecule has 1 aliphatic heterocycles. The number of rotatable bonds is 5. The molecular weight excluding hydrogens is 364 g/mol. The van der Waals surface area contributed by atoms with Crippen LogP contribution < -0.4 is 5.32 Å². The van der Waals surface area contributed by atoms with E-state index in [2.05, 4.69) is 48.3 Å². The molecule has 1 heterocycles. The van der Waals surface area contributed by atoms with Crippen LogP contribution in [-0.4, -0.2) is 68.5 Å². The summed E-state index contributed by atoms with van der Waals surface area (Å²) in [5.41, 5.74) is 2.15. The highest BCUT2D eigenvalue weighted by Crippen LogP contribution is 2.40. The van der Waals surface area contributed by atoms with Gasteiger partial charge >= 0.3 is 0 Å². The second-order valence-corrected chi connectivity index (χ2v) is 8.52. The lowest BCUT2D eigenvalue weighted by Gasteiger charge is -2.36. The summed E-state index contributed by atoms with van der Waals surface area (Å²) < 4.78 is 6.09. The normalized spacial score (nSPS) is 21.9. The van der Waals surface area contributed by atoms with Crippen molar-refractivity contribution in [1.82, 2.24) is 15.1 Å². The van der Waals surface area contributed by atoms with Crippen molar-refractivity contribution >= 4 is 11.9 Å². The monoisotopic (exact) mass is 400 g/mol. The molecule has 1 atom stereocenters. The van der Waals surface area contributed by atoms with Crippen LogP contribution >= 0.6 is 0 Å². The Bertz CT molecular complexity index is 725. The van der Waals surface area contributed by atoms with Crippen molar-refractivity contribution < 1.29 is 9.53 Å². The number of nitrogens with zero attached hydrogens (tertiary/aromatic N) is 3. The largest absolute Gasteiger partial charge is 0.370 e. The van der Waals surface area contributed by atoms with Gasteiger partial charge in [0.05, 0.1) is 25.1 Å². The summed E-state index contributed by atoms with van der Waals surface area (Å²) in [4.78, 5) is 21.9. The minimum Gasteiger partial charge on any atom is -0.370 e. The van der Waals surface area contributed by atoms with Crippen LogP contribution in [0.3, 0.4) is 0 Å². The number of hydrogen-bond acceptors (Lipinski definition) is 3. The smallest absolute Gasteiger partial charge is 0.230 e. The van der Waals surface area contributed by atoms with Crippen LogP contribution in [0.4, 0.5) is 0 Å². The summed E-state index contributed by atoms with van der Waals surface area (Å²) in [6.07, 6.45) is 4.12. The van der Waals surface area contributed by atoms with Gasteiger partial charge in [0, 0.05) is 27.2 Å². The first-order valence-corrected chi connectivity index (χ1v) is 10.9. The molecule has 1 unspecified atom stereocenters. The van der Waals surface area contributed by atoms with Crippen LogP contribution in [0.5, 0.6) is 0 Å². The van der Waals surface area contributed by atoms with Crippen molar-refractivity contribution in [2.75, 3.05) is 46.9 Å². The highest BCUT2D eigenvalue weighted by molar-refractivity contribution is 5.84. The summed E-state index contributed by atoms with van der Waals surface area (Å²) in [6, 6.07) is 8.42. The fourth-order valence-corrected chi connectivity index (χ4v) is 4.60. The van der Waals surface area contributed by atoms with E-state index in [-0.39, 0.29) is 17.4 Å². The van der Waals surface area contributed by atoms with Gasteiger partial charge < -0.3 is 19.9 Å². The van der Waals surface area contributed by atoms with Gasteiger partial charge in [-0.15, -0.1) is 0 Å². The molecule has 1 aromatic carbocycles. The Morgan fingerprint density at radius 3 is 2.69 bits per heavy atom. The predicted molar refractivity (Wildman–Crippen MR) is 117 cm³/mol. The van der Waals surface area contributed by atoms with Gasteiger partial charge in [0.15, 0.2) is 5.96 Å². The summed E-state index contributed by atoms with van der Waals surface area (Å²) in [7, 11) is 3.71. The number of guanidine groups is 1. The van der Waals surface area contributed by atoms with Gasteiger partial charge in [0.1, 0.15) is 6.10 Å². The van der Waals surface area contributed by atoms with Gasteiger partial charge in [-0.3, -0.25) is 9.79 Å². The molecule has 0 radical (unpaired) electrons. The number of morpholine rings is 1. The number of carbonyl (C=O) groups is 1. The second kappa shape index (κ2) is 9.61. The molecular formula is C23H36N4O2. The van der Waals surface area contributed by atoms with Crippen molar-refractivity contribution in [3.63, 3.8) is 0 Å². The molecule has 0 aromatic heterocycles. The molecule has 1 N–H and O–H groups in total. The highest BCUT2D eigenvalue weighted by atomic mass is 16.5. The molecule has 29 heavy (non-hydrogen) atoms. The fourth-order valence-electron chi connectivity index (χ4n) is 4.60. The first-order valence-electron chi connectivity index (χ1n) is 10.9. The third kappa shape index (κ3) is 4.92. The van der Waals surface area contributed by atoms with E-state index in [9.17, 15) is 4.79 Å². The Morgan fingerprint density at radius 1 is 1.31 bits per heavy atom. The zero-order chi connectivity index (χ0) is 20.9. The molecule has 6 heteroatoms. The summed E-state index contributed by atoms with van der Waals surface area (Å²) in [5, 5.41) is 3.44. The molecule has 6 nitrogen and oxygen atoms in total. The van der Waals surface area contributed by atoms with Gasteiger partial charge in [-0.05, 0) is 37.8 Å². The molecule has 1 saturated heterocycles. The number of hydrogen-bond donors (Lipinski definition) is 1. The van der Waals surface area contributed by atoms with Gasteiger partial charge in [0.2, 0.25) is 5.91 Å². The number of ether oxygens (including phenoxy) is 1. The van der Waals surface area contributed by atoms with E-state index in [1.54, 1.807) is 4.90 Å². The Morgan fingerprint density at radius 2 is 2.03 bits per heavy atom. The third-order valence-electron chi connectivity index (χ3n) is 6.19. The summed E-state index contributed by atoms with van der Waals surface area (Å²) >= 11 is 0. The van der Waals surface area contributed by atoms with E-state index in [0.717, 1.165) is 51.3 Å². The lowest BCUT2D eigenvalue weighted by Crippen LogP contribution is -2.49. The van der Waals surface area contributed by atoms with Crippen LogP contribution in [0, 0.1) is 12.3 Å². The predicted octanol–water partition coefficient (Wildman–Crippen LogP) is 2.98. The second-order valence-electron chi connectivity index (χ2n) is 8.52. The van der Waals surface area contributed by atoms with Crippen LogP contribution in [0.25, 0.3) is 0 Å². The summed E-state index contributed by atoms with van der Waals surface area (Å²) in [6.45, 7) is 7.83. The van der Waals surface area contributed by atoms with Crippen molar-refractivity contribution in [1.29, 1.82) is 0 Å². The molecule has 1 saturated carbocycles. The third-order valence-corrected chi connectivity index (χ3v) is 6.19. The Hall–Kier alpha value is -2.08. The fraction of sp³-hybridized carbons (Fsp3) is 0.652. The maximum absolute atomic E-state index is 12.9. The first-order chi connectivity index (χ1) is 14.0.